The molecular weight excluding hydrogens is 1560 g/mol. The second-order valence-electron chi connectivity index (χ2n) is 31.5. The van der Waals surface area contributed by atoms with Gasteiger partial charge in [0.2, 0.25) is 40.1 Å². The smallest absolute Gasteiger partial charge is 0.325 e. The van der Waals surface area contributed by atoms with E-state index in [1.165, 1.54) is 48.5 Å². The quantitative estimate of drug-likeness (QED) is 0.0516. The van der Waals surface area contributed by atoms with Crippen molar-refractivity contribution in [3.05, 3.63) is 190 Å². The second kappa shape index (κ2) is 30.5. The van der Waals surface area contributed by atoms with E-state index < -0.39 is 86.1 Å². The van der Waals surface area contributed by atoms with Gasteiger partial charge in [0.05, 0.1) is 19.6 Å². The van der Waals surface area contributed by atoms with Crippen molar-refractivity contribution >= 4 is 64.0 Å². The summed E-state index contributed by atoms with van der Waals surface area (Å²) in [5, 5.41) is 42.4. The van der Waals surface area contributed by atoms with Crippen LogP contribution in [-0.4, -0.2) is 144 Å². The molecular formula is C76H96N4O16Rh2S4. The topological polar surface area (TPSA) is 299 Å². The van der Waals surface area contributed by atoms with Gasteiger partial charge in [-0.15, -0.1) is 0 Å². The summed E-state index contributed by atoms with van der Waals surface area (Å²) in [6.45, 7) is 24.4. The van der Waals surface area contributed by atoms with E-state index in [2.05, 4.69) is 0 Å². The Morgan fingerprint density at radius 2 is 0.480 bits per heavy atom. The predicted molar refractivity (Wildman–Crippen MR) is 382 cm³/mol. The molecule has 20 nitrogen and oxygen atoms in total. The Kier molecular flexibility index (Phi) is 24.9. The number of aliphatic carboxylic acids is 4. The summed E-state index contributed by atoms with van der Waals surface area (Å²) in [5.41, 5.74) is -1.94. The maximum atomic E-state index is 14.0. The van der Waals surface area contributed by atoms with E-state index >= 15 is 0 Å². The first-order chi connectivity index (χ1) is 46.3. The molecule has 4 aliphatic rings. The van der Waals surface area contributed by atoms with E-state index in [1.54, 1.807) is 97.1 Å². The van der Waals surface area contributed by atoms with Gasteiger partial charge < -0.3 is 20.4 Å². The molecule has 6 aromatic carbocycles. The monoisotopic (exact) mass is 1650 g/mol. The van der Waals surface area contributed by atoms with Crippen LogP contribution in [0, 0.1) is 0 Å². The van der Waals surface area contributed by atoms with E-state index in [1.807, 2.05) is 83.1 Å². The fourth-order valence-corrected chi connectivity index (χ4v) is 21.9. The van der Waals surface area contributed by atoms with Crippen molar-refractivity contribution in [2.75, 3.05) is 26.2 Å². The number of carboxylic acids is 4. The molecule has 0 amide bonds. The fourth-order valence-electron chi connectivity index (χ4n) is 14.7. The van der Waals surface area contributed by atoms with Gasteiger partial charge >= 0.3 is 23.9 Å². The number of sulfonamides is 4. The van der Waals surface area contributed by atoms with E-state index in [4.69, 9.17) is 0 Å². The van der Waals surface area contributed by atoms with Gasteiger partial charge in [-0.25, -0.2) is 33.7 Å². The fraction of sp³-hybridized carbons (Fsp3) is 0.474. The van der Waals surface area contributed by atoms with Crippen LogP contribution >= 0.6 is 0 Å². The summed E-state index contributed by atoms with van der Waals surface area (Å²) in [4.78, 5) is 52.1. The van der Waals surface area contributed by atoms with Crippen molar-refractivity contribution in [2.24, 2.45) is 0 Å². The molecule has 26 heteroatoms. The molecule has 4 N–H and O–H groups in total. The SMILES string of the molecule is CC(C)(C)c1ccc(S(=O)(=O)N2CCC[C@@]2(Cc2cccc(C[C@@]3(C(=O)O)CCCN3S(=O)(=O)c3ccc(C(C)(C)C)cc3)c2)C(=O)O)cc1.CC(C)(C)c1ccc(S(=O)(=O)N2CCC[C@@]2(Cc2cccc(C[C@@]3(C(=O)O)CCCN3S(=O)(=O)c3ccc(C(C)(C)C)cc3)c2)C(=O)O)cc1.[Rh].[Rh]. The molecule has 0 spiro atoms. The molecule has 0 aliphatic carbocycles. The standard InChI is InChI=1S/2C38H48N2O8S2.2Rh/c2*1-35(2,3)29-12-16-31(17-13-29)49(45,46)39-22-8-20-37(39,33(41)42)25-27-10-7-11-28(24-27)26-38(34(43)44)21-9-23-40(38)50(47,48)32-18-14-30(15-19-32)36(4,5)6;;/h2*7,10-19,24H,8-9,20-23,25-26H2,1-6H3,(H,41,42)(H,43,44);;/t2*37-,38-;;/m11../s1. The number of nitrogens with zero attached hydrogens (tertiary/aromatic N) is 4. The van der Waals surface area contributed by atoms with Crippen molar-refractivity contribution in [3.8, 4) is 0 Å². The summed E-state index contributed by atoms with van der Waals surface area (Å²) in [6, 6.07) is 39.7. The number of hydrogen-bond acceptors (Lipinski definition) is 12. The minimum absolute atomic E-state index is 0. The Morgan fingerprint density at radius 3 is 0.627 bits per heavy atom. The molecule has 0 unspecified atom stereocenters. The molecule has 6 aromatic rings. The van der Waals surface area contributed by atoms with Crippen LogP contribution in [0.2, 0.25) is 0 Å². The number of carbonyl (C=O) groups is 4. The normalized spacial score (nSPS) is 22.1. The molecule has 558 valence electrons. The minimum Gasteiger partial charge on any atom is -0.480 e. The van der Waals surface area contributed by atoms with Crippen LogP contribution < -0.4 is 0 Å². The largest absolute Gasteiger partial charge is 0.480 e. The predicted octanol–water partition coefficient (Wildman–Crippen LogP) is 12.0. The Morgan fingerprint density at radius 1 is 0.314 bits per heavy atom. The molecule has 0 bridgehead atoms. The molecule has 102 heavy (non-hydrogen) atoms. The molecule has 4 heterocycles. The molecule has 4 aliphatic heterocycles. The first kappa shape index (κ1) is 83.4. The third kappa shape index (κ3) is 16.5. The summed E-state index contributed by atoms with van der Waals surface area (Å²) in [6.07, 6.45) is 1.28. The van der Waals surface area contributed by atoms with E-state index in [9.17, 15) is 73.3 Å². The molecule has 4 saturated heterocycles. The number of hydrogen-bond donors (Lipinski definition) is 4. The summed E-state index contributed by atoms with van der Waals surface area (Å²) in [5.74, 6) is -5.05. The van der Waals surface area contributed by atoms with Gasteiger partial charge in [0.25, 0.3) is 0 Å². The summed E-state index contributed by atoms with van der Waals surface area (Å²) < 4.78 is 116. The van der Waals surface area contributed by atoms with Gasteiger partial charge in [-0.3, -0.25) is 19.2 Å². The van der Waals surface area contributed by atoms with Gasteiger partial charge in [0, 0.05) is 90.8 Å². The number of carboxylic acid groups (broad SMARTS) is 4. The average molecular weight is 1660 g/mol. The maximum Gasteiger partial charge on any atom is 0.325 e. The van der Waals surface area contributed by atoms with Gasteiger partial charge in [-0.2, -0.15) is 17.2 Å². The zero-order valence-electron chi connectivity index (χ0n) is 59.9. The molecule has 4 atom stereocenters. The third-order valence-electron chi connectivity index (χ3n) is 20.5. The van der Waals surface area contributed by atoms with Gasteiger partial charge in [0.15, 0.2) is 0 Å². The molecule has 2 radical (unpaired) electrons. The molecule has 0 saturated carbocycles. The Balaban J connectivity index is 0.000000280. The Hall–Kier alpha value is -5.91. The molecule has 0 aromatic heterocycles. The van der Waals surface area contributed by atoms with E-state index in [0.717, 1.165) is 39.5 Å². The van der Waals surface area contributed by atoms with Crippen LogP contribution in [0.4, 0.5) is 0 Å². The van der Waals surface area contributed by atoms with Crippen LogP contribution in [0.3, 0.4) is 0 Å². The Bertz CT molecular complexity index is 3980. The van der Waals surface area contributed by atoms with Crippen molar-refractivity contribution in [3.63, 3.8) is 0 Å². The summed E-state index contributed by atoms with van der Waals surface area (Å²) in [7, 11) is -16.7. The van der Waals surface area contributed by atoms with E-state index in [0.29, 0.717) is 47.9 Å². The zero-order chi connectivity index (χ0) is 73.8. The summed E-state index contributed by atoms with van der Waals surface area (Å²) >= 11 is 0. The average Bonchev–Trinajstić information content (AvgIpc) is 1.51. The van der Waals surface area contributed by atoms with Crippen molar-refractivity contribution < 1.29 is 112 Å². The van der Waals surface area contributed by atoms with Crippen molar-refractivity contribution in [2.45, 2.75) is 224 Å². The third-order valence-corrected chi connectivity index (χ3v) is 28.4. The maximum absolute atomic E-state index is 14.0. The second-order valence-corrected chi connectivity index (χ2v) is 39.0. The van der Waals surface area contributed by atoms with Gasteiger partial charge in [-0.1, -0.05) is 180 Å². The van der Waals surface area contributed by atoms with Crippen LogP contribution in [0.25, 0.3) is 0 Å². The van der Waals surface area contributed by atoms with Crippen LogP contribution in [0.5, 0.6) is 0 Å². The number of benzene rings is 6. The number of rotatable bonds is 20. The van der Waals surface area contributed by atoms with Crippen molar-refractivity contribution in [1.29, 1.82) is 0 Å². The zero-order valence-corrected chi connectivity index (χ0v) is 66.5. The van der Waals surface area contributed by atoms with Gasteiger partial charge in [0.1, 0.15) is 22.2 Å². The van der Waals surface area contributed by atoms with Crippen LogP contribution in [-0.2, 0) is 146 Å². The molecule has 10 rings (SSSR count). The van der Waals surface area contributed by atoms with Crippen LogP contribution in [0.15, 0.2) is 165 Å². The minimum atomic E-state index is -4.18. The van der Waals surface area contributed by atoms with Crippen molar-refractivity contribution in [1.82, 2.24) is 17.2 Å². The van der Waals surface area contributed by atoms with Gasteiger partial charge in [-0.05, 0) is 166 Å². The Labute approximate surface area is 628 Å². The first-order valence-electron chi connectivity index (χ1n) is 33.9. The first-order valence-corrected chi connectivity index (χ1v) is 39.7. The van der Waals surface area contributed by atoms with E-state index in [-0.39, 0.29) is 158 Å². The van der Waals surface area contributed by atoms with Crippen LogP contribution in [0.1, 0.15) is 179 Å². The molecule has 4 fully saturated rings.